The lowest BCUT2D eigenvalue weighted by Gasteiger charge is -2.14. The van der Waals surface area contributed by atoms with Crippen LogP contribution in [-0.2, 0) is 11.8 Å². The van der Waals surface area contributed by atoms with E-state index in [-0.39, 0.29) is 11.5 Å². The number of rotatable bonds is 3. The molecule has 1 heterocycles. The first-order chi connectivity index (χ1) is 9.27. The Morgan fingerprint density at radius 1 is 1.35 bits per heavy atom. The van der Waals surface area contributed by atoms with Crippen molar-refractivity contribution >= 4 is 22.9 Å². The summed E-state index contributed by atoms with van der Waals surface area (Å²) in [5, 5.41) is 4.01. The molecule has 0 amide bonds. The number of nitrogens with zero attached hydrogens (tertiary/aromatic N) is 1. The third-order valence-electron chi connectivity index (χ3n) is 3.23. The quantitative estimate of drug-likeness (QED) is 0.892. The molecular formula is C16H21ClN2S. The zero-order valence-electron chi connectivity index (χ0n) is 12.4. The van der Waals surface area contributed by atoms with Crippen molar-refractivity contribution < 1.29 is 0 Å². The van der Waals surface area contributed by atoms with Crippen LogP contribution in [0.25, 0.3) is 0 Å². The Balaban J connectivity index is 2.18. The minimum Gasteiger partial charge on any atom is -0.324 e. The lowest BCUT2D eigenvalue weighted by Crippen LogP contribution is -2.11. The third kappa shape index (κ3) is 3.60. The van der Waals surface area contributed by atoms with Crippen LogP contribution in [0.3, 0.4) is 0 Å². The maximum absolute atomic E-state index is 6.27. The fraction of sp³-hybridized carbons (Fsp3) is 0.438. The van der Waals surface area contributed by atoms with E-state index in [4.69, 9.17) is 22.3 Å². The van der Waals surface area contributed by atoms with Crippen molar-refractivity contribution in [2.24, 2.45) is 5.73 Å². The molecule has 0 aliphatic rings. The van der Waals surface area contributed by atoms with Crippen molar-refractivity contribution in [3.63, 3.8) is 0 Å². The molecule has 4 heteroatoms. The summed E-state index contributed by atoms with van der Waals surface area (Å²) < 4.78 is 0. The highest BCUT2D eigenvalue weighted by molar-refractivity contribution is 7.09. The van der Waals surface area contributed by atoms with Crippen LogP contribution >= 0.6 is 22.9 Å². The zero-order valence-corrected chi connectivity index (χ0v) is 14.0. The van der Waals surface area contributed by atoms with Gasteiger partial charge in [-0.1, -0.05) is 44.5 Å². The fourth-order valence-corrected chi connectivity index (χ4v) is 3.39. The van der Waals surface area contributed by atoms with E-state index in [0.29, 0.717) is 0 Å². The fourth-order valence-electron chi connectivity index (χ4n) is 1.96. The van der Waals surface area contributed by atoms with E-state index in [0.717, 1.165) is 27.7 Å². The van der Waals surface area contributed by atoms with Crippen LogP contribution in [-0.4, -0.2) is 4.98 Å². The van der Waals surface area contributed by atoms with Gasteiger partial charge in [-0.3, -0.25) is 0 Å². The number of hydrogen-bond acceptors (Lipinski definition) is 3. The van der Waals surface area contributed by atoms with Gasteiger partial charge in [-0.2, -0.15) is 0 Å². The normalized spacial score (nSPS) is 13.5. The first-order valence-electron chi connectivity index (χ1n) is 6.76. The highest BCUT2D eigenvalue weighted by Gasteiger charge is 2.17. The topological polar surface area (TPSA) is 38.9 Å². The maximum Gasteiger partial charge on any atom is 0.0972 e. The molecule has 20 heavy (non-hydrogen) atoms. The lowest BCUT2D eigenvalue weighted by molar-refractivity contribution is 0.571. The van der Waals surface area contributed by atoms with Crippen molar-refractivity contribution in [2.75, 3.05) is 0 Å². The third-order valence-corrected chi connectivity index (χ3v) is 4.41. The van der Waals surface area contributed by atoms with E-state index < -0.39 is 0 Å². The standard InChI is InChI=1S/C16H21ClN2S/c1-10(18)12-6-5-11(7-13(12)17)8-15-19-14(9-20-15)16(2,3)4/h5-7,9-10H,8,18H2,1-4H3. The predicted octanol–water partition coefficient (Wildman–Crippen LogP) is 4.70. The first kappa shape index (κ1) is 15.5. The van der Waals surface area contributed by atoms with Crippen molar-refractivity contribution in [1.29, 1.82) is 0 Å². The number of benzene rings is 1. The summed E-state index contributed by atoms with van der Waals surface area (Å²) >= 11 is 7.98. The molecule has 1 unspecified atom stereocenters. The first-order valence-corrected chi connectivity index (χ1v) is 8.02. The molecule has 0 aliphatic carbocycles. The van der Waals surface area contributed by atoms with Gasteiger partial charge in [0.1, 0.15) is 0 Å². The van der Waals surface area contributed by atoms with E-state index in [1.165, 1.54) is 5.56 Å². The molecule has 2 nitrogen and oxygen atoms in total. The Kier molecular flexibility index (Phi) is 4.52. The Labute approximate surface area is 130 Å². The molecule has 0 spiro atoms. The SMILES string of the molecule is CC(N)c1ccc(Cc2nc(C(C)(C)C)cs2)cc1Cl. The Morgan fingerprint density at radius 2 is 2.05 bits per heavy atom. The number of hydrogen-bond donors (Lipinski definition) is 1. The monoisotopic (exact) mass is 308 g/mol. The molecule has 2 rings (SSSR count). The van der Waals surface area contributed by atoms with E-state index in [2.05, 4.69) is 32.2 Å². The van der Waals surface area contributed by atoms with Crippen LogP contribution in [0.1, 0.15) is 55.6 Å². The van der Waals surface area contributed by atoms with Gasteiger partial charge in [-0.05, 0) is 24.1 Å². The molecule has 2 aromatic rings. The molecule has 1 aromatic heterocycles. The second-order valence-electron chi connectivity index (χ2n) is 6.20. The minimum atomic E-state index is -0.0381. The van der Waals surface area contributed by atoms with Gasteiger partial charge in [0.25, 0.3) is 0 Å². The molecule has 0 saturated carbocycles. The smallest absolute Gasteiger partial charge is 0.0972 e. The molecule has 1 aromatic carbocycles. The molecule has 0 fully saturated rings. The number of thiazole rings is 1. The summed E-state index contributed by atoms with van der Waals surface area (Å²) in [5.41, 5.74) is 9.29. The van der Waals surface area contributed by atoms with E-state index in [9.17, 15) is 0 Å². The van der Waals surface area contributed by atoms with Gasteiger partial charge < -0.3 is 5.73 Å². The number of nitrogens with two attached hydrogens (primary N) is 1. The summed E-state index contributed by atoms with van der Waals surface area (Å²) in [6, 6.07) is 6.06. The second kappa shape index (κ2) is 5.84. The van der Waals surface area contributed by atoms with Gasteiger partial charge in [0.15, 0.2) is 0 Å². The van der Waals surface area contributed by atoms with Gasteiger partial charge >= 0.3 is 0 Å². The zero-order chi connectivity index (χ0) is 14.9. The Hall–Kier alpha value is -0.900. The molecule has 2 N–H and O–H groups in total. The molecule has 0 saturated heterocycles. The predicted molar refractivity (Wildman–Crippen MR) is 87.7 cm³/mol. The second-order valence-corrected chi connectivity index (χ2v) is 7.55. The van der Waals surface area contributed by atoms with Crippen molar-refractivity contribution in [1.82, 2.24) is 4.98 Å². The van der Waals surface area contributed by atoms with Gasteiger partial charge in [0.2, 0.25) is 0 Å². The van der Waals surface area contributed by atoms with Gasteiger partial charge in [0.05, 0.1) is 10.7 Å². The summed E-state index contributed by atoms with van der Waals surface area (Å²) in [5.74, 6) is 0. The van der Waals surface area contributed by atoms with Gasteiger partial charge in [0, 0.05) is 28.3 Å². The molecular weight excluding hydrogens is 288 g/mol. The summed E-state index contributed by atoms with van der Waals surface area (Å²) in [4.78, 5) is 4.71. The minimum absolute atomic E-state index is 0.0381. The van der Waals surface area contributed by atoms with E-state index in [1.807, 2.05) is 19.1 Å². The molecule has 0 aliphatic heterocycles. The Morgan fingerprint density at radius 3 is 2.55 bits per heavy atom. The average Bonchev–Trinajstić information content (AvgIpc) is 2.76. The number of aromatic nitrogens is 1. The number of halogens is 1. The highest BCUT2D eigenvalue weighted by atomic mass is 35.5. The summed E-state index contributed by atoms with van der Waals surface area (Å²) in [7, 11) is 0. The largest absolute Gasteiger partial charge is 0.324 e. The average molecular weight is 309 g/mol. The van der Waals surface area contributed by atoms with E-state index >= 15 is 0 Å². The highest BCUT2D eigenvalue weighted by Crippen LogP contribution is 2.27. The van der Waals surface area contributed by atoms with Crippen LogP contribution in [0.2, 0.25) is 5.02 Å². The molecule has 0 bridgehead atoms. The maximum atomic E-state index is 6.27. The van der Waals surface area contributed by atoms with Gasteiger partial charge in [-0.15, -0.1) is 11.3 Å². The summed E-state index contributed by atoms with van der Waals surface area (Å²) in [6.07, 6.45) is 0.819. The molecule has 1 atom stereocenters. The lowest BCUT2D eigenvalue weighted by atomic mass is 9.93. The van der Waals surface area contributed by atoms with Gasteiger partial charge in [-0.25, -0.2) is 4.98 Å². The van der Waals surface area contributed by atoms with Crippen LogP contribution in [0.5, 0.6) is 0 Å². The van der Waals surface area contributed by atoms with Crippen molar-refractivity contribution in [3.05, 3.63) is 50.4 Å². The van der Waals surface area contributed by atoms with Crippen LogP contribution < -0.4 is 5.73 Å². The Bertz CT molecular complexity index is 597. The van der Waals surface area contributed by atoms with Crippen LogP contribution in [0, 0.1) is 0 Å². The van der Waals surface area contributed by atoms with Crippen molar-refractivity contribution in [2.45, 2.75) is 45.6 Å². The molecule has 108 valence electrons. The van der Waals surface area contributed by atoms with Crippen LogP contribution in [0.4, 0.5) is 0 Å². The van der Waals surface area contributed by atoms with E-state index in [1.54, 1.807) is 11.3 Å². The van der Waals surface area contributed by atoms with Crippen molar-refractivity contribution in [3.8, 4) is 0 Å². The summed E-state index contributed by atoms with van der Waals surface area (Å²) in [6.45, 7) is 8.48. The van der Waals surface area contributed by atoms with Crippen LogP contribution in [0.15, 0.2) is 23.6 Å². The molecule has 0 radical (unpaired) electrons.